The molecule has 0 amide bonds. The van der Waals surface area contributed by atoms with Gasteiger partial charge in [0.1, 0.15) is 11.3 Å². The molecular weight excluding hydrogens is 234 g/mol. The predicted molar refractivity (Wildman–Crippen MR) is 81.7 cm³/mol. The molecule has 2 rings (SSSR count). The van der Waals surface area contributed by atoms with Gasteiger partial charge in [0.05, 0.1) is 6.04 Å². The van der Waals surface area contributed by atoms with Crippen LogP contribution < -0.4 is 5.32 Å². The van der Waals surface area contributed by atoms with Gasteiger partial charge in [-0.3, -0.25) is 0 Å². The normalized spacial score (nSPS) is 14.0. The first kappa shape index (κ1) is 14.1. The van der Waals surface area contributed by atoms with Crippen molar-refractivity contribution in [2.45, 2.75) is 53.0 Å². The standard InChI is InChI=1S/C17H25NO/c1-7-18-12(3)16-11(2)14-10-13(17(4,5)6)8-9-15(14)19-16/h8-10,12,18H,7H2,1-6H3. The highest BCUT2D eigenvalue weighted by Crippen LogP contribution is 2.33. The molecule has 1 N–H and O–H groups in total. The van der Waals surface area contributed by atoms with Crippen LogP contribution in [0.15, 0.2) is 22.6 Å². The van der Waals surface area contributed by atoms with E-state index in [2.05, 4.69) is 65.1 Å². The lowest BCUT2D eigenvalue weighted by Crippen LogP contribution is -2.17. The fraction of sp³-hybridized carbons (Fsp3) is 0.529. The molecule has 2 heteroatoms. The topological polar surface area (TPSA) is 25.2 Å². The van der Waals surface area contributed by atoms with E-state index in [4.69, 9.17) is 4.42 Å². The summed E-state index contributed by atoms with van der Waals surface area (Å²) in [7, 11) is 0. The van der Waals surface area contributed by atoms with E-state index in [1.165, 1.54) is 16.5 Å². The molecule has 0 saturated heterocycles. The minimum atomic E-state index is 0.172. The van der Waals surface area contributed by atoms with E-state index in [9.17, 15) is 0 Å². The van der Waals surface area contributed by atoms with Crippen LogP contribution in [0.1, 0.15) is 57.5 Å². The number of furan rings is 1. The third-order valence-electron chi connectivity index (χ3n) is 3.74. The second-order valence-electron chi connectivity index (χ2n) is 6.33. The first-order valence-corrected chi connectivity index (χ1v) is 7.11. The Bertz CT molecular complexity index is 575. The third kappa shape index (κ3) is 2.69. The second kappa shape index (κ2) is 5.01. The number of aryl methyl sites for hydroxylation is 1. The van der Waals surface area contributed by atoms with Gasteiger partial charge in [0.15, 0.2) is 0 Å². The number of fused-ring (bicyclic) bond motifs is 1. The fourth-order valence-electron chi connectivity index (χ4n) is 2.52. The third-order valence-corrected chi connectivity index (χ3v) is 3.74. The van der Waals surface area contributed by atoms with Crippen LogP contribution in [0.2, 0.25) is 0 Å². The van der Waals surface area contributed by atoms with Gasteiger partial charge >= 0.3 is 0 Å². The van der Waals surface area contributed by atoms with Gasteiger partial charge in [0.25, 0.3) is 0 Å². The second-order valence-corrected chi connectivity index (χ2v) is 6.33. The molecule has 104 valence electrons. The molecule has 1 heterocycles. The van der Waals surface area contributed by atoms with Crippen molar-refractivity contribution in [1.29, 1.82) is 0 Å². The predicted octanol–water partition coefficient (Wildman–Crippen LogP) is 4.71. The Balaban J connectivity index is 2.52. The molecule has 0 fully saturated rings. The summed E-state index contributed by atoms with van der Waals surface area (Å²) in [5, 5.41) is 4.66. The molecule has 19 heavy (non-hydrogen) atoms. The van der Waals surface area contributed by atoms with Gasteiger partial charge in [-0.1, -0.05) is 33.8 Å². The number of nitrogens with one attached hydrogen (secondary N) is 1. The van der Waals surface area contributed by atoms with Gasteiger partial charge in [-0.25, -0.2) is 0 Å². The van der Waals surface area contributed by atoms with Crippen molar-refractivity contribution in [2.75, 3.05) is 6.54 Å². The summed E-state index contributed by atoms with van der Waals surface area (Å²) in [6.07, 6.45) is 0. The molecule has 1 aromatic heterocycles. The van der Waals surface area contributed by atoms with Gasteiger partial charge in [-0.05, 0) is 49.1 Å². The number of hydrogen-bond donors (Lipinski definition) is 1. The van der Waals surface area contributed by atoms with Crippen LogP contribution in [-0.4, -0.2) is 6.54 Å². The van der Waals surface area contributed by atoms with Gasteiger partial charge in [0.2, 0.25) is 0 Å². The van der Waals surface area contributed by atoms with Crippen molar-refractivity contribution in [3.63, 3.8) is 0 Å². The molecule has 0 aliphatic carbocycles. The Hall–Kier alpha value is -1.28. The average Bonchev–Trinajstić information content (AvgIpc) is 2.66. The molecule has 1 aromatic carbocycles. The smallest absolute Gasteiger partial charge is 0.134 e. The monoisotopic (exact) mass is 259 g/mol. The molecule has 2 aromatic rings. The summed E-state index contributed by atoms with van der Waals surface area (Å²) < 4.78 is 6.02. The van der Waals surface area contributed by atoms with Gasteiger partial charge in [0, 0.05) is 5.39 Å². The Labute approximate surface area is 116 Å². The fourth-order valence-corrected chi connectivity index (χ4v) is 2.52. The van der Waals surface area contributed by atoms with Crippen molar-refractivity contribution in [3.05, 3.63) is 35.1 Å². The van der Waals surface area contributed by atoms with Crippen LogP contribution >= 0.6 is 0 Å². The van der Waals surface area contributed by atoms with Crippen molar-refractivity contribution in [3.8, 4) is 0 Å². The zero-order valence-corrected chi connectivity index (χ0v) is 12.9. The molecule has 1 unspecified atom stereocenters. The number of rotatable bonds is 3. The maximum absolute atomic E-state index is 6.02. The molecule has 0 aliphatic heterocycles. The van der Waals surface area contributed by atoms with Crippen LogP contribution in [0.4, 0.5) is 0 Å². The molecule has 0 saturated carbocycles. The number of hydrogen-bond acceptors (Lipinski definition) is 2. The SMILES string of the molecule is CCNC(C)c1oc2ccc(C(C)(C)C)cc2c1C. The quantitative estimate of drug-likeness (QED) is 0.863. The van der Waals surface area contributed by atoms with E-state index in [1.807, 2.05) is 0 Å². The molecule has 0 radical (unpaired) electrons. The van der Waals surface area contributed by atoms with Gasteiger partial charge in [-0.15, -0.1) is 0 Å². The van der Waals surface area contributed by atoms with Crippen LogP contribution in [0.3, 0.4) is 0 Å². The summed E-state index contributed by atoms with van der Waals surface area (Å²) in [4.78, 5) is 0. The first-order valence-electron chi connectivity index (χ1n) is 7.11. The highest BCUT2D eigenvalue weighted by molar-refractivity contribution is 5.83. The molecule has 0 aliphatic rings. The van der Waals surface area contributed by atoms with Crippen LogP contribution in [0.25, 0.3) is 11.0 Å². The molecule has 2 nitrogen and oxygen atoms in total. The maximum atomic E-state index is 6.02. The number of benzene rings is 1. The highest BCUT2D eigenvalue weighted by atomic mass is 16.3. The lowest BCUT2D eigenvalue weighted by Gasteiger charge is -2.18. The summed E-state index contributed by atoms with van der Waals surface area (Å²) in [6, 6.07) is 6.81. The van der Waals surface area contributed by atoms with Crippen LogP contribution in [0, 0.1) is 6.92 Å². The highest BCUT2D eigenvalue weighted by Gasteiger charge is 2.19. The largest absolute Gasteiger partial charge is 0.459 e. The van der Waals surface area contributed by atoms with E-state index in [1.54, 1.807) is 0 Å². The van der Waals surface area contributed by atoms with Crippen molar-refractivity contribution in [1.82, 2.24) is 5.32 Å². The summed E-state index contributed by atoms with van der Waals surface area (Å²) >= 11 is 0. The zero-order chi connectivity index (χ0) is 14.2. The molecule has 0 spiro atoms. The Morgan fingerprint density at radius 2 is 1.95 bits per heavy atom. The van der Waals surface area contributed by atoms with Crippen molar-refractivity contribution in [2.24, 2.45) is 0 Å². The Morgan fingerprint density at radius 3 is 2.53 bits per heavy atom. The van der Waals surface area contributed by atoms with E-state index in [0.717, 1.165) is 17.9 Å². The molecule has 1 atom stereocenters. The van der Waals surface area contributed by atoms with Crippen molar-refractivity contribution >= 4 is 11.0 Å². The Morgan fingerprint density at radius 1 is 1.26 bits per heavy atom. The van der Waals surface area contributed by atoms with E-state index < -0.39 is 0 Å². The maximum Gasteiger partial charge on any atom is 0.134 e. The van der Waals surface area contributed by atoms with Crippen LogP contribution in [-0.2, 0) is 5.41 Å². The molecule has 0 bridgehead atoms. The van der Waals surface area contributed by atoms with E-state index >= 15 is 0 Å². The van der Waals surface area contributed by atoms with E-state index in [-0.39, 0.29) is 11.5 Å². The summed E-state index contributed by atoms with van der Waals surface area (Å²) in [5.41, 5.74) is 3.78. The lowest BCUT2D eigenvalue weighted by atomic mass is 9.86. The van der Waals surface area contributed by atoms with Gasteiger partial charge in [-0.2, -0.15) is 0 Å². The Kier molecular flexibility index (Phi) is 3.73. The first-order chi connectivity index (χ1) is 8.84. The van der Waals surface area contributed by atoms with Crippen molar-refractivity contribution < 1.29 is 4.42 Å². The zero-order valence-electron chi connectivity index (χ0n) is 12.9. The minimum Gasteiger partial charge on any atom is -0.459 e. The molecular formula is C17H25NO. The average molecular weight is 259 g/mol. The lowest BCUT2D eigenvalue weighted by molar-refractivity contribution is 0.456. The van der Waals surface area contributed by atoms with Crippen LogP contribution in [0.5, 0.6) is 0 Å². The van der Waals surface area contributed by atoms with E-state index in [0.29, 0.717) is 0 Å². The summed E-state index contributed by atoms with van der Waals surface area (Å²) in [5.74, 6) is 1.06. The van der Waals surface area contributed by atoms with Gasteiger partial charge < -0.3 is 9.73 Å². The summed E-state index contributed by atoms with van der Waals surface area (Å²) in [6.45, 7) is 14.1. The minimum absolute atomic E-state index is 0.172.